The third-order valence-corrected chi connectivity index (χ3v) is 8.25. The number of likely N-dealkylation sites (N-methyl/N-ethyl adjacent to an activating group) is 1. The first-order valence-corrected chi connectivity index (χ1v) is 13.1. The topological polar surface area (TPSA) is 99.3 Å². The van der Waals surface area contributed by atoms with E-state index in [1.165, 1.54) is 11.3 Å². The minimum atomic E-state index is -0.206. The van der Waals surface area contributed by atoms with Gasteiger partial charge in [-0.1, -0.05) is 11.6 Å². The van der Waals surface area contributed by atoms with Crippen LogP contribution in [0.5, 0.6) is 0 Å². The van der Waals surface area contributed by atoms with Gasteiger partial charge >= 0.3 is 0 Å². The Labute approximate surface area is 213 Å². The molecule has 3 aromatic rings. The molecule has 0 unspecified atom stereocenters. The number of benzene rings is 1. The Kier molecular flexibility index (Phi) is 7.11. The molecule has 1 aliphatic heterocycles. The lowest BCUT2D eigenvalue weighted by Crippen LogP contribution is -2.55. The zero-order chi connectivity index (χ0) is 24.5. The average Bonchev–Trinajstić information content (AvgIpc) is 3.44. The number of aromatic nitrogens is 2. The van der Waals surface area contributed by atoms with Gasteiger partial charge in [0, 0.05) is 66.1 Å². The number of hydrogen-bond donors (Lipinski definition) is 3. The van der Waals surface area contributed by atoms with Gasteiger partial charge in [0.25, 0.3) is 11.8 Å². The molecule has 0 bridgehead atoms. The summed E-state index contributed by atoms with van der Waals surface area (Å²) in [6.07, 6.45) is 3.28. The quantitative estimate of drug-likeness (QED) is 0.466. The first kappa shape index (κ1) is 24.2. The zero-order valence-corrected chi connectivity index (χ0v) is 21.5. The van der Waals surface area contributed by atoms with Crippen molar-refractivity contribution in [2.75, 3.05) is 27.3 Å². The van der Waals surface area contributed by atoms with E-state index in [-0.39, 0.29) is 23.9 Å². The molecule has 3 atom stereocenters. The first-order chi connectivity index (χ1) is 16.9. The fraction of sp³-hybridized carbons (Fsp3) is 0.480. The summed E-state index contributed by atoms with van der Waals surface area (Å²) in [5.41, 5.74) is 2.36. The number of fused-ring (bicyclic) bond motifs is 2. The summed E-state index contributed by atoms with van der Waals surface area (Å²) in [7, 11) is 3.77. The molecule has 0 radical (unpaired) electrons. The van der Waals surface area contributed by atoms with Crippen LogP contribution in [-0.2, 0) is 17.7 Å². The fourth-order valence-electron chi connectivity index (χ4n) is 5.10. The van der Waals surface area contributed by atoms with Crippen LogP contribution in [0, 0.1) is 5.92 Å². The number of halogens is 1. The van der Waals surface area contributed by atoms with Crippen molar-refractivity contribution in [3.8, 4) is 0 Å². The van der Waals surface area contributed by atoms with Gasteiger partial charge in [-0.15, -0.1) is 11.3 Å². The Morgan fingerprint density at radius 2 is 2.06 bits per heavy atom. The van der Waals surface area contributed by atoms with Gasteiger partial charge in [0.2, 0.25) is 0 Å². The summed E-state index contributed by atoms with van der Waals surface area (Å²) in [6, 6.07) is 6.89. The van der Waals surface area contributed by atoms with Gasteiger partial charge in [-0.05, 0) is 56.5 Å². The van der Waals surface area contributed by atoms with Gasteiger partial charge in [-0.2, -0.15) is 0 Å². The Hall–Kier alpha value is -2.46. The van der Waals surface area contributed by atoms with Crippen molar-refractivity contribution in [3.05, 3.63) is 50.6 Å². The van der Waals surface area contributed by atoms with Crippen molar-refractivity contribution in [2.45, 2.75) is 44.3 Å². The van der Waals surface area contributed by atoms with E-state index in [4.69, 9.17) is 16.3 Å². The highest BCUT2D eigenvalue weighted by Gasteiger charge is 2.34. The summed E-state index contributed by atoms with van der Waals surface area (Å²) in [5.74, 6) is -0.0408. The standard InChI is InChI=1S/C25H30ClN5O3S/c1-31-8-7-19-22(12-31)35-25(30-19)24(33)29-20-9-14(13-34-2)3-5-18(20)28-23(32)21-11-15-10-16(26)4-6-17(15)27-21/h4,6,10-11,14,18,20,27H,3,5,7-9,12-13H2,1-2H3,(H,28,32)(H,29,33)/t14-,18-,20+/m0/s1. The number of methoxy groups -OCH3 is 1. The summed E-state index contributed by atoms with van der Waals surface area (Å²) in [6.45, 7) is 2.41. The van der Waals surface area contributed by atoms with Gasteiger partial charge < -0.3 is 25.3 Å². The Morgan fingerprint density at radius 3 is 2.89 bits per heavy atom. The molecule has 186 valence electrons. The highest BCUT2D eigenvalue weighted by Crippen LogP contribution is 2.28. The van der Waals surface area contributed by atoms with Crippen LogP contribution in [0.1, 0.15) is 50.1 Å². The predicted molar refractivity (Wildman–Crippen MR) is 137 cm³/mol. The lowest BCUT2D eigenvalue weighted by atomic mass is 9.82. The van der Waals surface area contributed by atoms with Crippen molar-refractivity contribution >= 4 is 45.7 Å². The first-order valence-electron chi connectivity index (χ1n) is 12.0. The van der Waals surface area contributed by atoms with Crippen LogP contribution in [0.2, 0.25) is 5.02 Å². The molecule has 1 aliphatic carbocycles. The molecule has 1 aromatic carbocycles. The number of carbonyl (C=O) groups is 2. The van der Waals surface area contributed by atoms with Crippen molar-refractivity contribution in [3.63, 3.8) is 0 Å². The van der Waals surface area contributed by atoms with Crippen LogP contribution in [0.25, 0.3) is 10.9 Å². The van der Waals surface area contributed by atoms with E-state index < -0.39 is 0 Å². The summed E-state index contributed by atoms with van der Waals surface area (Å²) in [4.78, 5) is 37.5. The molecule has 10 heteroatoms. The second-order valence-electron chi connectivity index (χ2n) is 9.59. The lowest BCUT2D eigenvalue weighted by Gasteiger charge is -2.36. The molecule has 2 amide bonds. The molecule has 0 spiro atoms. The third kappa shape index (κ3) is 5.38. The number of nitrogens with zero attached hydrogens (tertiary/aromatic N) is 2. The predicted octanol–water partition coefficient (Wildman–Crippen LogP) is 3.61. The number of amides is 2. The third-order valence-electron chi connectivity index (χ3n) is 6.94. The largest absolute Gasteiger partial charge is 0.384 e. The van der Waals surface area contributed by atoms with Gasteiger partial charge in [0.05, 0.1) is 5.69 Å². The van der Waals surface area contributed by atoms with Gasteiger partial charge in [-0.25, -0.2) is 4.98 Å². The normalized spacial score (nSPS) is 22.7. The Bertz CT molecular complexity index is 1240. The number of carbonyl (C=O) groups excluding carboxylic acids is 2. The molecule has 0 saturated heterocycles. The number of thiazole rings is 1. The minimum Gasteiger partial charge on any atom is -0.384 e. The maximum absolute atomic E-state index is 13.2. The lowest BCUT2D eigenvalue weighted by molar-refractivity contribution is 0.0778. The Balaban J connectivity index is 1.31. The van der Waals surface area contributed by atoms with Crippen molar-refractivity contribution in [1.82, 2.24) is 25.5 Å². The SMILES string of the molecule is COC[C@H]1CC[C@H](NC(=O)c2cc3cc(Cl)ccc3[nH]2)[C@H](NC(=O)c2nc3c(s2)CN(C)CC3)C1. The van der Waals surface area contributed by atoms with Gasteiger partial charge in [0.1, 0.15) is 5.69 Å². The number of hydrogen-bond acceptors (Lipinski definition) is 6. The van der Waals surface area contributed by atoms with Crippen molar-refractivity contribution in [2.24, 2.45) is 5.92 Å². The zero-order valence-electron chi connectivity index (χ0n) is 19.9. The molecular formula is C25H30ClN5O3S. The molecular weight excluding hydrogens is 486 g/mol. The fourth-order valence-corrected chi connectivity index (χ4v) is 6.37. The number of ether oxygens (including phenoxy) is 1. The van der Waals surface area contributed by atoms with Crippen LogP contribution < -0.4 is 10.6 Å². The van der Waals surface area contributed by atoms with E-state index in [0.29, 0.717) is 28.2 Å². The molecule has 5 rings (SSSR count). The number of nitrogens with one attached hydrogen (secondary N) is 3. The number of H-pyrrole nitrogens is 1. The summed E-state index contributed by atoms with van der Waals surface area (Å²) in [5, 5.41) is 8.34. The second-order valence-corrected chi connectivity index (χ2v) is 11.1. The summed E-state index contributed by atoms with van der Waals surface area (Å²) >= 11 is 7.56. The molecule has 1 fully saturated rings. The van der Waals surface area contributed by atoms with E-state index >= 15 is 0 Å². The molecule has 35 heavy (non-hydrogen) atoms. The van der Waals surface area contributed by atoms with Crippen LogP contribution in [0.15, 0.2) is 24.3 Å². The van der Waals surface area contributed by atoms with E-state index in [1.807, 2.05) is 12.1 Å². The number of aromatic amines is 1. The molecule has 2 aromatic heterocycles. The molecule has 3 heterocycles. The second kappa shape index (κ2) is 10.3. The van der Waals surface area contributed by atoms with Crippen LogP contribution in [0.4, 0.5) is 0 Å². The highest BCUT2D eigenvalue weighted by atomic mass is 35.5. The van der Waals surface area contributed by atoms with Gasteiger partial charge in [0.15, 0.2) is 5.01 Å². The minimum absolute atomic E-state index is 0.172. The average molecular weight is 516 g/mol. The van der Waals surface area contributed by atoms with Crippen LogP contribution in [0.3, 0.4) is 0 Å². The van der Waals surface area contributed by atoms with Crippen molar-refractivity contribution < 1.29 is 14.3 Å². The van der Waals surface area contributed by atoms with Gasteiger partial charge in [-0.3, -0.25) is 9.59 Å². The Morgan fingerprint density at radius 1 is 1.23 bits per heavy atom. The monoisotopic (exact) mass is 515 g/mol. The molecule has 1 saturated carbocycles. The maximum atomic E-state index is 13.2. The molecule has 2 aliphatic rings. The smallest absolute Gasteiger partial charge is 0.280 e. The molecule has 8 nitrogen and oxygen atoms in total. The van der Waals surface area contributed by atoms with E-state index in [0.717, 1.165) is 60.2 Å². The van der Waals surface area contributed by atoms with E-state index in [2.05, 4.69) is 32.5 Å². The van der Waals surface area contributed by atoms with E-state index in [1.54, 1.807) is 19.2 Å². The van der Waals surface area contributed by atoms with Crippen molar-refractivity contribution in [1.29, 1.82) is 0 Å². The summed E-state index contributed by atoms with van der Waals surface area (Å²) < 4.78 is 5.38. The maximum Gasteiger partial charge on any atom is 0.280 e. The van der Waals surface area contributed by atoms with Crippen LogP contribution in [-0.4, -0.2) is 66.1 Å². The highest BCUT2D eigenvalue weighted by molar-refractivity contribution is 7.13. The van der Waals surface area contributed by atoms with Crippen LogP contribution >= 0.6 is 22.9 Å². The number of rotatable bonds is 6. The molecule has 3 N–H and O–H groups in total. The van der Waals surface area contributed by atoms with E-state index in [9.17, 15) is 9.59 Å².